The van der Waals surface area contributed by atoms with E-state index < -0.39 is 22.1 Å². The summed E-state index contributed by atoms with van der Waals surface area (Å²) in [6, 6.07) is 3.71. The zero-order valence-corrected chi connectivity index (χ0v) is 19.6. The maximum Gasteiger partial charge on any atom is 0.251 e. The Balaban J connectivity index is 1.49. The largest absolute Gasteiger partial charge is 0.378 e. The first-order valence-corrected chi connectivity index (χ1v) is 12.7. The highest BCUT2D eigenvalue weighted by atomic mass is 35.5. The third kappa shape index (κ3) is 4.31. The molecule has 0 radical (unpaired) electrons. The van der Waals surface area contributed by atoms with Crippen LogP contribution in [0.5, 0.6) is 0 Å². The van der Waals surface area contributed by atoms with Crippen molar-refractivity contribution in [3.05, 3.63) is 28.8 Å². The summed E-state index contributed by atoms with van der Waals surface area (Å²) in [7, 11) is -3.91. The number of aryl methyl sites for hydroxylation is 1. The summed E-state index contributed by atoms with van der Waals surface area (Å²) < 4.78 is 35.0. The van der Waals surface area contributed by atoms with Gasteiger partial charge in [0, 0.05) is 29.4 Å². The van der Waals surface area contributed by atoms with Gasteiger partial charge in [-0.15, -0.1) is 11.3 Å². The van der Waals surface area contributed by atoms with E-state index in [4.69, 9.17) is 16.3 Å². The molecule has 2 saturated heterocycles. The third-order valence-corrected chi connectivity index (χ3v) is 9.38. The fraction of sp³-hybridized carbons (Fsp3) is 0.500. The van der Waals surface area contributed by atoms with Gasteiger partial charge in [-0.3, -0.25) is 9.59 Å². The van der Waals surface area contributed by atoms with Crippen LogP contribution in [0.15, 0.2) is 22.4 Å². The standard InChI is InChI=1S/C20H24ClN3O5S2/c1-12-15-11-14(21)3-4-17(15)30-20(12)31(27,28)22-16-5-6-24(19(16)26)13(2)18(25)23-7-9-29-10-8-23/h3-4,11,13,16,22H,5-10H2,1-2H3/t13-,16-/m0/s1. The Labute approximate surface area is 190 Å². The highest BCUT2D eigenvalue weighted by Crippen LogP contribution is 2.35. The van der Waals surface area contributed by atoms with Crippen LogP contribution < -0.4 is 4.72 Å². The van der Waals surface area contributed by atoms with Crippen molar-refractivity contribution in [3.63, 3.8) is 0 Å². The van der Waals surface area contributed by atoms with Gasteiger partial charge in [0.25, 0.3) is 10.0 Å². The maximum absolute atomic E-state index is 13.1. The Morgan fingerprint density at radius 3 is 2.71 bits per heavy atom. The van der Waals surface area contributed by atoms with Gasteiger partial charge in [0.1, 0.15) is 16.3 Å². The van der Waals surface area contributed by atoms with Gasteiger partial charge in [0.2, 0.25) is 11.8 Å². The molecule has 0 unspecified atom stereocenters. The Hall–Kier alpha value is -1.72. The zero-order valence-electron chi connectivity index (χ0n) is 17.3. The Kier molecular flexibility index (Phi) is 6.28. The van der Waals surface area contributed by atoms with Crippen LogP contribution in [0.3, 0.4) is 0 Å². The molecule has 3 heterocycles. The summed E-state index contributed by atoms with van der Waals surface area (Å²) in [4.78, 5) is 28.8. The highest BCUT2D eigenvalue weighted by molar-refractivity contribution is 7.91. The number of hydrogen-bond donors (Lipinski definition) is 1. The predicted molar refractivity (Wildman–Crippen MR) is 119 cm³/mol. The van der Waals surface area contributed by atoms with Crippen molar-refractivity contribution in [2.45, 2.75) is 36.6 Å². The van der Waals surface area contributed by atoms with E-state index >= 15 is 0 Å². The van der Waals surface area contributed by atoms with E-state index in [1.54, 1.807) is 36.9 Å². The van der Waals surface area contributed by atoms with Gasteiger partial charge >= 0.3 is 0 Å². The van der Waals surface area contributed by atoms with Gasteiger partial charge in [0.15, 0.2) is 0 Å². The molecule has 2 fully saturated rings. The summed E-state index contributed by atoms with van der Waals surface area (Å²) in [6.07, 6.45) is 0.314. The molecular formula is C20H24ClN3O5S2. The molecule has 1 aromatic carbocycles. The number of morpholine rings is 1. The van der Waals surface area contributed by atoms with Crippen LogP contribution in [0.2, 0.25) is 5.02 Å². The van der Waals surface area contributed by atoms with Crippen molar-refractivity contribution < 1.29 is 22.7 Å². The monoisotopic (exact) mass is 485 g/mol. The number of benzene rings is 1. The van der Waals surface area contributed by atoms with E-state index in [-0.39, 0.29) is 16.0 Å². The summed E-state index contributed by atoms with van der Waals surface area (Å²) >= 11 is 7.20. The topological polar surface area (TPSA) is 96.0 Å². The molecule has 1 N–H and O–H groups in total. The Morgan fingerprint density at radius 2 is 2.00 bits per heavy atom. The molecule has 2 amide bonds. The van der Waals surface area contributed by atoms with E-state index in [1.165, 1.54) is 4.90 Å². The second-order valence-corrected chi connectivity index (χ2v) is 11.2. The number of thiophene rings is 1. The number of carbonyl (C=O) groups is 2. The number of nitrogens with one attached hydrogen (secondary N) is 1. The molecule has 0 saturated carbocycles. The lowest BCUT2D eigenvalue weighted by Crippen LogP contribution is -2.52. The molecular weight excluding hydrogens is 462 g/mol. The number of carbonyl (C=O) groups excluding carboxylic acids is 2. The maximum atomic E-state index is 13.1. The number of rotatable bonds is 5. The van der Waals surface area contributed by atoms with Crippen molar-refractivity contribution in [3.8, 4) is 0 Å². The molecule has 31 heavy (non-hydrogen) atoms. The summed E-state index contributed by atoms with van der Waals surface area (Å²) in [5.74, 6) is -0.517. The average Bonchev–Trinajstić information content (AvgIpc) is 3.27. The van der Waals surface area contributed by atoms with Crippen LogP contribution in [0.25, 0.3) is 10.1 Å². The average molecular weight is 486 g/mol. The number of nitrogens with zero attached hydrogens (tertiary/aromatic N) is 2. The lowest BCUT2D eigenvalue weighted by Gasteiger charge is -2.32. The second kappa shape index (κ2) is 8.67. The molecule has 2 atom stereocenters. The zero-order chi connectivity index (χ0) is 22.3. The van der Waals surface area contributed by atoms with Crippen LogP contribution in [-0.4, -0.2) is 75.0 Å². The predicted octanol–water partition coefficient (Wildman–Crippen LogP) is 1.99. The Bertz CT molecular complexity index is 1130. The minimum absolute atomic E-state index is 0.141. The van der Waals surface area contributed by atoms with E-state index in [1.807, 2.05) is 0 Å². The minimum Gasteiger partial charge on any atom is -0.378 e. The normalized spacial score (nSPS) is 21.1. The molecule has 2 aliphatic rings. The third-order valence-electron chi connectivity index (χ3n) is 5.78. The van der Waals surface area contributed by atoms with Gasteiger partial charge in [-0.1, -0.05) is 11.6 Å². The molecule has 2 aromatic rings. The van der Waals surface area contributed by atoms with E-state index in [0.29, 0.717) is 49.9 Å². The van der Waals surface area contributed by atoms with Gasteiger partial charge in [-0.25, -0.2) is 8.42 Å². The van der Waals surface area contributed by atoms with Crippen molar-refractivity contribution in [1.29, 1.82) is 0 Å². The fourth-order valence-electron chi connectivity index (χ4n) is 4.04. The molecule has 0 aliphatic carbocycles. The van der Waals surface area contributed by atoms with E-state index in [9.17, 15) is 18.0 Å². The van der Waals surface area contributed by atoms with E-state index in [0.717, 1.165) is 21.4 Å². The number of sulfonamides is 1. The van der Waals surface area contributed by atoms with Gasteiger partial charge in [-0.05, 0) is 49.4 Å². The van der Waals surface area contributed by atoms with Crippen LogP contribution >= 0.6 is 22.9 Å². The summed E-state index contributed by atoms with van der Waals surface area (Å²) in [5.41, 5.74) is 0.605. The smallest absolute Gasteiger partial charge is 0.251 e. The molecule has 0 bridgehead atoms. The molecule has 4 rings (SSSR count). The van der Waals surface area contributed by atoms with Crippen molar-refractivity contribution in [1.82, 2.24) is 14.5 Å². The molecule has 168 valence electrons. The van der Waals surface area contributed by atoms with Crippen LogP contribution in [0.1, 0.15) is 18.9 Å². The second-order valence-electron chi connectivity index (χ2n) is 7.76. The number of ether oxygens (including phenoxy) is 1. The van der Waals surface area contributed by atoms with Crippen molar-refractivity contribution >= 4 is 54.9 Å². The fourth-order valence-corrected chi connectivity index (χ4v) is 7.20. The van der Waals surface area contributed by atoms with Gasteiger partial charge in [-0.2, -0.15) is 4.72 Å². The highest BCUT2D eigenvalue weighted by Gasteiger charge is 2.40. The quantitative estimate of drug-likeness (QED) is 0.698. The SMILES string of the molecule is Cc1c(S(=O)(=O)N[C@H]2CCN([C@@H](C)C(=O)N3CCOCC3)C2=O)sc2ccc(Cl)cc12. The van der Waals surface area contributed by atoms with Crippen LogP contribution in [-0.2, 0) is 24.3 Å². The summed E-state index contributed by atoms with van der Waals surface area (Å²) in [6.45, 7) is 5.70. The van der Waals surface area contributed by atoms with Crippen LogP contribution in [0.4, 0.5) is 0 Å². The number of halogens is 1. The number of fused-ring (bicyclic) bond motifs is 1. The minimum atomic E-state index is -3.91. The lowest BCUT2D eigenvalue weighted by atomic mass is 10.2. The number of amides is 2. The van der Waals surface area contributed by atoms with Gasteiger partial charge < -0.3 is 14.5 Å². The lowest BCUT2D eigenvalue weighted by molar-refractivity contribution is -0.146. The molecule has 2 aliphatic heterocycles. The first-order valence-electron chi connectivity index (χ1n) is 10.1. The molecule has 8 nitrogen and oxygen atoms in total. The first kappa shape index (κ1) is 22.5. The molecule has 11 heteroatoms. The first-order chi connectivity index (χ1) is 14.7. The molecule has 0 spiro atoms. The number of hydrogen-bond acceptors (Lipinski definition) is 6. The summed E-state index contributed by atoms with van der Waals surface area (Å²) in [5, 5.41) is 1.31. The van der Waals surface area contributed by atoms with E-state index in [2.05, 4.69) is 4.72 Å². The van der Waals surface area contributed by atoms with Crippen molar-refractivity contribution in [2.24, 2.45) is 0 Å². The molecule has 1 aromatic heterocycles. The van der Waals surface area contributed by atoms with Crippen molar-refractivity contribution in [2.75, 3.05) is 32.8 Å². The van der Waals surface area contributed by atoms with Crippen LogP contribution in [0, 0.1) is 6.92 Å². The number of likely N-dealkylation sites (tertiary alicyclic amines) is 1. The Morgan fingerprint density at radius 1 is 1.29 bits per heavy atom. The van der Waals surface area contributed by atoms with Gasteiger partial charge in [0.05, 0.1) is 13.2 Å².